The van der Waals surface area contributed by atoms with Crippen molar-refractivity contribution in [1.29, 1.82) is 0 Å². The van der Waals surface area contributed by atoms with Crippen LogP contribution in [0, 0.1) is 0 Å². The van der Waals surface area contributed by atoms with Crippen molar-refractivity contribution in [2.24, 2.45) is 0 Å². The van der Waals surface area contributed by atoms with E-state index in [1.807, 2.05) is 30.3 Å². The van der Waals surface area contributed by atoms with Gasteiger partial charge in [0.2, 0.25) is 0 Å². The molecule has 2 N–H and O–H groups in total. The van der Waals surface area contributed by atoms with Crippen LogP contribution >= 0.6 is 0 Å². The largest absolute Gasteiger partial charge is 0.494 e. The monoisotopic (exact) mass is 281 g/mol. The molecule has 0 aromatic heterocycles. The summed E-state index contributed by atoms with van der Waals surface area (Å²) in [4.78, 5) is 22.8. The summed E-state index contributed by atoms with van der Waals surface area (Å²) in [5.74, 6) is -1.12. The van der Waals surface area contributed by atoms with Gasteiger partial charge in [-0.1, -0.05) is 18.2 Å². The molecule has 0 aliphatic heterocycles. The molecule has 20 heavy (non-hydrogen) atoms. The van der Waals surface area contributed by atoms with Gasteiger partial charge < -0.3 is 14.9 Å². The van der Waals surface area contributed by atoms with Crippen LogP contribution in [0.3, 0.4) is 0 Å². The van der Waals surface area contributed by atoms with Crippen molar-refractivity contribution in [1.82, 2.24) is 4.90 Å². The Balaban J connectivity index is 2.26. The van der Waals surface area contributed by atoms with Gasteiger partial charge >= 0.3 is 11.9 Å². The first-order chi connectivity index (χ1) is 9.58. The summed E-state index contributed by atoms with van der Waals surface area (Å²) in [5, 5.41) is 17.4. The molecular weight excluding hydrogens is 262 g/mol. The number of hydrogen-bond donors (Lipinski definition) is 2. The summed E-state index contributed by atoms with van der Waals surface area (Å²) in [6.07, 6.45) is 0.578. The number of carboxylic acid groups (broad SMARTS) is 2. The van der Waals surface area contributed by atoms with Crippen molar-refractivity contribution in [2.45, 2.75) is 12.8 Å². The van der Waals surface area contributed by atoms with Gasteiger partial charge in [0.15, 0.2) is 0 Å². The summed E-state index contributed by atoms with van der Waals surface area (Å²) >= 11 is 0. The zero-order valence-electron chi connectivity index (χ0n) is 11.2. The van der Waals surface area contributed by atoms with E-state index in [2.05, 4.69) is 0 Å². The summed E-state index contributed by atoms with van der Waals surface area (Å²) in [5.41, 5.74) is 0. The van der Waals surface area contributed by atoms with Crippen LogP contribution in [0.25, 0.3) is 0 Å². The highest BCUT2D eigenvalue weighted by atomic mass is 16.5. The summed E-state index contributed by atoms with van der Waals surface area (Å²) in [7, 11) is 0. The lowest BCUT2D eigenvalue weighted by Gasteiger charge is -2.19. The van der Waals surface area contributed by atoms with Gasteiger partial charge in [-0.15, -0.1) is 0 Å². The van der Waals surface area contributed by atoms with E-state index < -0.39 is 11.9 Å². The van der Waals surface area contributed by atoms with Crippen LogP contribution in [-0.2, 0) is 9.59 Å². The average molecular weight is 281 g/mol. The molecule has 0 aliphatic carbocycles. The first-order valence-corrected chi connectivity index (χ1v) is 6.41. The van der Waals surface area contributed by atoms with Crippen LogP contribution in [0.15, 0.2) is 30.3 Å². The Morgan fingerprint density at radius 1 is 1.05 bits per heavy atom. The predicted molar refractivity (Wildman–Crippen MR) is 72.9 cm³/mol. The van der Waals surface area contributed by atoms with Gasteiger partial charge in [-0.3, -0.25) is 14.5 Å². The minimum atomic E-state index is -0.959. The molecule has 0 radical (unpaired) electrons. The topological polar surface area (TPSA) is 87.1 Å². The van der Waals surface area contributed by atoms with Crippen molar-refractivity contribution in [2.75, 3.05) is 26.2 Å². The van der Waals surface area contributed by atoms with Crippen LogP contribution in [-0.4, -0.2) is 53.3 Å². The zero-order valence-corrected chi connectivity index (χ0v) is 11.2. The molecule has 0 saturated heterocycles. The third-order valence-corrected chi connectivity index (χ3v) is 2.63. The molecule has 0 atom stereocenters. The maximum absolute atomic E-state index is 10.7. The van der Waals surface area contributed by atoms with Crippen molar-refractivity contribution in [3.63, 3.8) is 0 Å². The molecule has 0 fully saturated rings. The van der Waals surface area contributed by atoms with Crippen molar-refractivity contribution < 1.29 is 24.5 Å². The minimum absolute atomic E-state index is 0.0627. The number of para-hydroxylation sites is 1. The Kier molecular flexibility index (Phi) is 7.13. The van der Waals surface area contributed by atoms with E-state index in [4.69, 9.17) is 14.9 Å². The number of aliphatic carboxylic acids is 2. The van der Waals surface area contributed by atoms with Crippen molar-refractivity contribution in [3.8, 4) is 5.75 Å². The molecule has 0 spiro atoms. The van der Waals surface area contributed by atoms with Gasteiger partial charge in [0, 0.05) is 13.1 Å². The van der Waals surface area contributed by atoms with Gasteiger partial charge in [-0.05, 0) is 18.6 Å². The van der Waals surface area contributed by atoms with Gasteiger partial charge in [-0.25, -0.2) is 0 Å². The quantitative estimate of drug-likeness (QED) is 0.629. The van der Waals surface area contributed by atoms with Crippen molar-refractivity contribution in [3.05, 3.63) is 30.3 Å². The summed E-state index contributed by atoms with van der Waals surface area (Å²) in [6, 6.07) is 9.34. The lowest BCUT2D eigenvalue weighted by Crippen LogP contribution is -2.33. The molecule has 0 heterocycles. The number of carboxylic acids is 2. The van der Waals surface area contributed by atoms with E-state index in [9.17, 15) is 9.59 Å². The van der Waals surface area contributed by atoms with Crippen LogP contribution in [0.4, 0.5) is 0 Å². The van der Waals surface area contributed by atoms with Crippen LogP contribution in [0.2, 0.25) is 0 Å². The Morgan fingerprint density at radius 3 is 2.35 bits per heavy atom. The number of carbonyl (C=O) groups is 2. The zero-order chi connectivity index (χ0) is 14.8. The lowest BCUT2D eigenvalue weighted by atomic mass is 10.3. The second-order valence-corrected chi connectivity index (χ2v) is 4.33. The molecular formula is C14H19NO5. The van der Waals surface area contributed by atoms with Gasteiger partial charge in [0.1, 0.15) is 5.75 Å². The van der Waals surface area contributed by atoms with Gasteiger partial charge in [0.05, 0.1) is 19.6 Å². The Hall–Kier alpha value is -2.08. The van der Waals surface area contributed by atoms with Crippen LogP contribution in [0.1, 0.15) is 12.8 Å². The molecule has 110 valence electrons. The SMILES string of the molecule is O=C(O)CCN(CCCOc1ccccc1)CC(=O)O. The van der Waals surface area contributed by atoms with Crippen LogP contribution < -0.4 is 4.74 Å². The fourth-order valence-corrected chi connectivity index (χ4v) is 1.71. The van der Waals surface area contributed by atoms with E-state index in [0.29, 0.717) is 19.6 Å². The predicted octanol–water partition coefficient (Wildman–Crippen LogP) is 1.32. The first kappa shape index (κ1) is 16.0. The smallest absolute Gasteiger partial charge is 0.317 e. The Morgan fingerprint density at radius 2 is 1.75 bits per heavy atom. The number of rotatable bonds is 10. The van der Waals surface area contributed by atoms with E-state index >= 15 is 0 Å². The molecule has 1 aromatic carbocycles. The number of benzene rings is 1. The molecule has 0 saturated carbocycles. The van der Waals surface area contributed by atoms with E-state index in [-0.39, 0.29) is 19.5 Å². The second kappa shape index (κ2) is 8.92. The molecule has 0 unspecified atom stereocenters. The molecule has 0 amide bonds. The highest BCUT2D eigenvalue weighted by Crippen LogP contribution is 2.08. The van der Waals surface area contributed by atoms with E-state index in [0.717, 1.165) is 5.75 Å². The molecule has 1 rings (SSSR count). The normalized spacial score (nSPS) is 10.4. The standard InChI is InChI=1S/C14H19NO5/c16-13(17)7-9-15(11-14(18)19)8-4-10-20-12-5-2-1-3-6-12/h1-3,5-6H,4,7-11H2,(H,16,17)(H,18,19). The minimum Gasteiger partial charge on any atom is -0.494 e. The highest BCUT2D eigenvalue weighted by molar-refractivity contribution is 5.69. The van der Waals surface area contributed by atoms with Crippen LogP contribution in [0.5, 0.6) is 5.75 Å². The highest BCUT2D eigenvalue weighted by Gasteiger charge is 2.11. The number of nitrogens with zero attached hydrogens (tertiary/aromatic N) is 1. The molecule has 0 bridgehead atoms. The molecule has 0 aliphatic rings. The Labute approximate surface area is 117 Å². The number of hydrogen-bond acceptors (Lipinski definition) is 4. The Bertz CT molecular complexity index is 421. The van der Waals surface area contributed by atoms with E-state index in [1.54, 1.807) is 4.90 Å². The van der Waals surface area contributed by atoms with Gasteiger partial charge in [0.25, 0.3) is 0 Å². The fraction of sp³-hybridized carbons (Fsp3) is 0.429. The molecule has 6 nitrogen and oxygen atoms in total. The first-order valence-electron chi connectivity index (χ1n) is 6.41. The second-order valence-electron chi connectivity index (χ2n) is 4.33. The maximum Gasteiger partial charge on any atom is 0.317 e. The van der Waals surface area contributed by atoms with E-state index in [1.165, 1.54) is 0 Å². The summed E-state index contributed by atoms with van der Waals surface area (Å²) in [6.45, 7) is 1.03. The summed E-state index contributed by atoms with van der Waals surface area (Å²) < 4.78 is 5.50. The van der Waals surface area contributed by atoms with Crippen molar-refractivity contribution >= 4 is 11.9 Å². The van der Waals surface area contributed by atoms with Gasteiger partial charge in [-0.2, -0.15) is 0 Å². The third-order valence-electron chi connectivity index (χ3n) is 2.63. The lowest BCUT2D eigenvalue weighted by molar-refractivity contribution is -0.141. The maximum atomic E-state index is 10.7. The third kappa shape index (κ3) is 7.38. The average Bonchev–Trinajstić information content (AvgIpc) is 2.41. The fourth-order valence-electron chi connectivity index (χ4n) is 1.71. The number of ether oxygens (including phenoxy) is 1. The molecule has 6 heteroatoms. The molecule has 1 aromatic rings.